The summed E-state index contributed by atoms with van der Waals surface area (Å²) in [4.78, 5) is 25.9. The lowest BCUT2D eigenvalue weighted by atomic mass is 9.97. The Bertz CT molecular complexity index is 813. The molecule has 1 aliphatic rings. The van der Waals surface area contributed by atoms with Gasteiger partial charge in [-0.15, -0.1) is 5.10 Å². The van der Waals surface area contributed by atoms with Crippen molar-refractivity contribution in [3.8, 4) is 5.69 Å². The van der Waals surface area contributed by atoms with Crippen molar-refractivity contribution in [2.45, 2.75) is 37.8 Å². The van der Waals surface area contributed by atoms with Crippen molar-refractivity contribution in [1.82, 2.24) is 25.1 Å². The standard InChI is InChI=1S/C19H25N5O3S/c1-13(2)14-4-6-16(7-5-14)24-19(20-21-22-24)28-12-17(25)23-10-8-15(9-11-23)18(26)27-3/h4-7,13,15H,8-12H2,1-3H3. The van der Waals surface area contributed by atoms with Gasteiger partial charge in [0.2, 0.25) is 11.1 Å². The lowest BCUT2D eigenvalue weighted by molar-refractivity contribution is -0.148. The highest BCUT2D eigenvalue weighted by Gasteiger charge is 2.28. The van der Waals surface area contributed by atoms with Crippen molar-refractivity contribution in [3.05, 3.63) is 29.8 Å². The molecule has 0 N–H and O–H groups in total. The maximum Gasteiger partial charge on any atom is 0.308 e. The third-order valence-corrected chi connectivity index (χ3v) is 5.86. The fourth-order valence-electron chi connectivity index (χ4n) is 3.18. The number of carbonyl (C=O) groups is 2. The van der Waals surface area contributed by atoms with Crippen LogP contribution in [0.5, 0.6) is 0 Å². The largest absolute Gasteiger partial charge is 0.469 e. The van der Waals surface area contributed by atoms with Gasteiger partial charge < -0.3 is 9.64 Å². The molecular formula is C19H25N5O3S. The molecule has 0 saturated carbocycles. The van der Waals surface area contributed by atoms with Gasteiger partial charge in [-0.1, -0.05) is 37.7 Å². The molecule has 1 fully saturated rings. The topological polar surface area (TPSA) is 90.2 Å². The van der Waals surface area contributed by atoms with Gasteiger partial charge in [0.25, 0.3) is 0 Å². The molecule has 8 nitrogen and oxygen atoms in total. The second-order valence-electron chi connectivity index (χ2n) is 7.09. The molecule has 1 amide bonds. The zero-order valence-electron chi connectivity index (χ0n) is 16.4. The number of likely N-dealkylation sites (tertiary alicyclic amines) is 1. The minimum absolute atomic E-state index is 0.0259. The van der Waals surface area contributed by atoms with E-state index in [4.69, 9.17) is 4.74 Å². The van der Waals surface area contributed by atoms with Crippen LogP contribution in [-0.4, -0.2) is 62.9 Å². The normalized spacial score (nSPS) is 15.1. The third-order valence-electron chi connectivity index (χ3n) is 4.95. The highest BCUT2D eigenvalue weighted by Crippen LogP contribution is 2.23. The summed E-state index contributed by atoms with van der Waals surface area (Å²) in [7, 11) is 1.40. The maximum atomic E-state index is 12.5. The summed E-state index contributed by atoms with van der Waals surface area (Å²) in [5.41, 5.74) is 2.11. The number of ether oxygens (including phenoxy) is 1. The predicted molar refractivity (Wildman–Crippen MR) is 105 cm³/mol. The number of thioether (sulfide) groups is 1. The molecule has 28 heavy (non-hydrogen) atoms. The number of methoxy groups -OCH3 is 1. The molecule has 1 saturated heterocycles. The Hall–Kier alpha value is -2.42. The van der Waals surface area contributed by atoms with Gasteiger partial charge >= 0.3 is 5.97 Å². The van der Waals surface area contributed by atoms with Gasteiger partial charge in [-0.25, -0.2) is 0 Å². The van der Waals surface area contributed by atoms with Crippen molar-refractivity contribution in [2.24, 2.45) is 5.92 Å². The summed E-state index contributed by atoms with van der Waals surface area (Å²) < 4.78 is 6.43. The summed E-state index contributed by atoms with van der Waals surface area (Å²) in [5, 5.41) is 12.4. The number of benzene rings is 1. The number of aromatic nitrogens is 4. The highest BCUT2D eigenvalue weighted by atomic mass is 32.2. The average Bonchev–Trinajstić information content (AvgIpc) is 3.20. The first-order valence-electron chi connectivity index (χ1n) is 9.36. The van der Waals surface area contributed by atoms with E-state index < -0.39 is 0 Å². The zero-order chi connectivity index (χ0) is 20.1. The van der Waals surface area contributed by atoms with Gasteiger partial charge in [-0.2, -0.15) is 4.68 Å². The van der Waals surface area contributed by atoms with Crippen molar-refractivity contribution in [3.63, 3.8) is 0 Å². The zero-order valence-corrected chi connectivity index (χ0v) is 17.2. The van der Waals surface area contributed by atoms with Gasteiger partial charge in [-0.3, -0.25) is 9.59 Å². The first kappa shape index (κ1) is 20.3. The molecule has 1 aliphatic heterocycles. The Morgan fingerprint density at radius 3 is 2.50 bits per heavy atom. The maximum absolute atomic E-state index is 12.5. The van der Waals surface area contributed by atoms with E-state index >= 15 is 0 Å². The molecule has 1 aromatic carbocycles. The molecule has 0 aliphatic carbocycles. The number of hydrogen-bond donors (Lipinski definition) is 0. The summed E-state index contributed by atoms with van der Waals surface area (Å²) in [6.07, 6.45) is 1.28. The van der Waals surface area contributed by atoms with Crippen LogP contribution in [0.25, 0.3) is 5.69 Å². The first-order valence-corrected chi connectivity index (χ1v) is 10.3. The summed E-state index contributed by atoms with van der Waals surface area (Å²) in [6.45, 7) is 5.43. The fraction of sp³-hybridized carbons (Fsp3) is 0.526. The average molecular weight is 404 g/mol. The van der Waals surface area contributed by atoms with Crippen LogP contribution >= 0.6 is 11.8 Å². The molecule has 0 spiro atoms. The molecule has 1 aromatic heterocycles. The van der Waals surface area contributed by atoms with E-state index in [0.717, 1.165) is 5.69 Å². The van der Waals surface area contributed by atoms with Gasteiger partial charge in [0, 0.05) is 13.1 Å². The van der Waals surface area contributed by atoms with Crippen LogP contribution < -0.4 is 0 Å². The number of amides is 1. The van der Waals surface area contributed by atoms with Crippen LogP contribution in [0.1, 0.15) is 38.2 Å². The SMILES string of the molecule is COC(=O)C1CCN(C(=O)CSc2nnnn2-c2ccc(C(C)C)cc2)CC1. The number of piperidine rings is 1. The number of carbonyl (C=O) groups excluding carboxylic acids is 2. The molecule has 0 bridgehead atoms. The van der Waals surface area contributed by atoms with E-state index in [0.29, 0.717) is 37.0 Å². The molecular weight excluding hydrogens is 378 g/mol. The number of esters is 1. The number of hydrogen-bond acceptors (Lipinski definition) is 7. The summed E-state index contributed by atoms with van der Waals surface area (Å²) in [6, 6.07) is 8.09. The summed E-state index contributed by atoms with van der Waals surface area (Å²) in [5.74, 6) is 0.440. The van der Waals surface area contributed by atoms with E-state index in [9.17, 15) is 9.59 Å². The number of nitrogens with zero attached hydrogens (tertiary/aromatic N) is 5. The highest BCUT2D eigenvalue weighted by molar-refractivity contribution is 7.99. The lowest BCUT2D eigenvalue weighted by Gasteiger charge is -2.30. The first-order chi connectivity index (χ1) is 13.5. The van der Waals surface area contributed by atoms with Crippen LogP contribution in [0.3, 0.4) is 0 Å². The Labute approximate surface area is 168 Å². The van der Waals surface area contributed by atoms with Crippen molar-refractivity contribution in [1.29, 1.82) is 0 Å². The van der Waals surface area contributed by atoms with Gasteiger partial charge in [-0.05, 0) is 46.9 Å². The molecule has 150 valence electrons. The molecule has 0 radical (unpaired) electrons. The van der Waals surface area contributed by atoms with Crippen LogP contribution in [0, 0.1) is 5.92 Å². The molecule has 0 atom stereocenters. The predicted octanol–water partition coefficient (Wildman–Crippen LogP) is 2.29. The molecule has 2 aromatic rings. The molecule has 3 rings (SSSR count). The van der Waals surface area contributed by atoms with Crippen LogP contribution in [0.4, 0.5) is 0 Å². The molecule has 9 heteroatoms. The minimum Gasteiger partial charge on any atom is -0.469 e. The number of tetrazole rings is 1. The van der Waals surface area contributed by atoms with Gasteiger partial charge in [0.15, 0.2) is 0 Å². The monoisotopic (exact) mass is 403 g/mol. The van der Waals surface area contributed by atoms with Crippen molar-refractivity contribution >= 4 is 23.6 Å². The Morgan fingerprint density at radius 1 is 1.21 bits per heavy atom. The quantitative estimate of drug-likeness (QED) is 0.540. The molecule has 0 unspecified atom stereocenters. The van der Waals surface area contributed by atoms with E-state index in [2.05, 4.69) is 41.5 Å². The molecule has 2 heterocycles. The van der Waals surface area contributed by atoms with E-state index in [1.54, 1.807) is 9.58 Å². The van der Waals surface area contributed by atoms with Crippen molar-refractivity contribution < 1.29 is 14.3 Å². The van der Waals surface area contributed by atoms with E-state index in [1.807, 2.05) is 12.1 Å². The fourth-order valence-corrected chi connectivity index (χ4v) is 3.97. The Balaban J connectivity index is 1.57. The summed E-state index contributed by atoms with van der Waals surface area (Å²) >= 11 is 1.32. The smallest absolute Gasteiger partial charge is 0.308 e. The number of rotatable bonds is 6. The Kier molecular flexibility index (Phi) is 6.66. The third kappa shape index (κ3) is 4.70. The lowest BCUT2D eigenvalue weighted by Crippen LogP contribution is -2.41. The minimum atomic E-state index is -0.191. The van der Waals surface area contributed by atoms with E-state index in [-0.39, 0.29) is 23.5 Å². The van der Waals surface area contributed by atoms with Crippen LogP contribution in [0.2, 0.25) is 0 Å². The van der Waals surface area contributed by atoms with Crippen molar-refractivity contribution in [2.75, 3.05) is 26.0 Å². The second-order valence-corrected chi connectivity index (χ2v) is 8.03. The Morgan fingerprint density at radius 2 is 1.89 bits per heavy atom. The van der Waals surface area contributed by atoms with Crippen LogP contribution in [-0.2, 0) is 14.3 Å². The second kappa shape index (κ2) is 9.18. The van der Waals surface area contributed by atoms with Gasteiger partial charge in [0.1, 0.15) is 0 Å². The van der Waals surface area contributed by atoms with Gasteiger partial charge in [0.05, 0.1) is 24.5 Å². The van der Waals surface area contributed by atoms with E-state index in [1.165, 1.54) is 24.4 Å². The van der Waals surface area contributed by atoms with Crippen LogP contribution in [0.15, 0.2) is 29.4 Å².